The van der Waals surface area contributed by atoms with E-state index in [1.165, 1.54) is 31.8 Å². The zero-order valence-corrected chi connectivity index (χ0v) is 9.70. The molecule has 0 bridgehead atoms. The lowest BCUT2D eigenvalue weighted by atomic mass is 9.88. The number of rotatable bonds is 5. The van der Waals surface area contributed by atoms with Crippen molar-refractivity contribution in [2.45, 2.75) is 20.3 Å². The van der Waals surface area contributed by atoms with E-state index in [1.54, 1.807) is 10.8 Å². The summed E-state index contributed by atoms with van der Waals surface area (Å²) in [5.41, 5.74) is 0. The van der Waals surface area contributed by atoms with E-state index in [0.29, 0.717) is 0 Å². The van der Waals surface area contributed by atoms with Gasteiger partial charge < -0.3 is 4.90 Å². The van der Waals surface area contributed by atoms with Crippen molar-refractivity contribution in [2.75, 3.05) is 25.4 Å². The van der Waals surface area contributed by atoms with Gasteiger partial charge in [0.2, 0.25) is 0 Å². The van der Waals surface area contributed by atoms with Gasteiger partial charge in [-0.3, -0.25) is 0 Å². The van der Waals surface area contributed by atoms with E-state index in [9.17, 15) is 0 Å². The van der Waals surface area contributed by atoms with Gasteiger partial charge in [0.15, 0.2) is 0 Å². The molecule has 0 spiro atoms. The first-order chi connectivity index (χ1) is 5.74. The average Bonchev–Trinajstić information content (AvgIpc) is 1.93. The Morgan fingerprint density at radius 1 is 1.50 bits per heavy atom. The highest BCUT2D eigenvalue weighted by Crippen LogP contribution is 2.23. The Morgan fingerprint density at radius 3 is 2.67 bits per heavy atom. The molecular weight excluding hydrogens is 186 g/mol. The second-order valence-electron chi connectivity index (χ2n) is 3.95. The van der Waals surface area contributed by atoms with Crippen LogP contribution in [0, 0.1) is 11.8 Å². The summed E-state index contributed by atoms with van der Waals surface area (Å²) in [6.07, 6.45) is 1.29. The van der Waals surface area contributed by atoms with Crippen LogP contribution in [0.3, 0.4) is 0 Å². The van der Waals surface area contributed by atoms with Crippen molar-refractivity contribution in [2.24, 2.45) is 11.8 Å². The van der Waals surface area contributed by atoms with Gasteiger partial charge in [-0.2, -0.15) is 0 Å². The summed E-state index contributed by atoms with van der Waals surface area (Å²) in [5, 5.41) is 0. The van der Waals surface area contributed by atoms with E-state index < -0.39 is 0 Å². The van der Waals surface area contributed by atoms with Crippen molar-refractivity contribution in [3.63, 3.8) is 0 Å². The summed E-state index contributed by atoms with van der Waals surface area (Å²) < 4.78 is 0. The molecule has 1 fully saturated rings. The maximum Gasteiger partial charge on any atom is 0.00466 e. The third-order valence-corrected chi connectivity index (χ3v) is 3.66. The van der Waals surface area contributed by atoms with Crippen LogP contribution in [0.1, 0.15) is 20.3 Å². The largest absolute Gasteiger partial charge is 0.303 e. The van der Waals surface area contributed by atoms with Gasteiger partial charge in [0.25, 0.3) is 0 Å². The second kappa shape index (κ2) is 5.40. The zero-order valence-electron chi connectivity index (χ0n) is 7.99. The van der Waals surface area contributed by atoms with E-state index in [-0.39, 0.29) is 0 Å². The molecule has 72 valence electrons. The topological polar surface area (TPSA) is 3.24 Å². The molecule has 0 aromatic rings. The molecule has 0 aromatic carbocycles. The van der Waals surface area contributed by atoms with E-state index in [0.717, 1.165) is 11.8 Å². The molecule has 12 heavy (non-hydrogen) atoms. The lowest BCUT2D eigenvalue weighted by Gasteiger charge is -2.41. The van der Waals surface area contributed by atoms with Crippen molar-refractivity contribution in [3.05, 3.63) is 0 Å². The monoisotopic (exact) mass is 205 g/mol. The second-order valence-corrected chi connectivity index (χ2v) is 5.39. The first-order valence-electron chi connectivity index (χ1n) is 4.72. The van der Waals surface area contributed by atoms with Crippen LogP contribution in [0.25, 0.3) is 0 Å². The molecule has 1 aliphatic rings. The maximum atomic E-state index is 4.12. The molecule has 1 rings (SSSR count). The molecule has 1 heterocycles. The van der Waals surface area contributed by atoms with Gasteiger partial charge in [-0.1, -0.05) is 24.6 Å². The zero-order chi connectivity index (χ0) is 8.97. The van der Waals surface area contributed by atoms with Gasteiger partial charge in [0.05, 0.1) is 0 Å². The SMILES string of the molecule is CC(C)C1CN(CCCSS)C1. The first-order valence-corrected chi connectivity index (χ1v) is 6.76. The van der Waals surface area contributed by atoms with Gasteiger partial charge >= 0.3 is 0 Å². The standard InChI is InChI=1S/C9H19NS2/c1-8(2)9-6-10(7-9)4-3-5-12-11/h8-9,11H,3-7H2,1-2H3. The summed E-state index contributed by atoms with van der Waals surface area (Å²) in [6.45, 7) is 8.58. The Bertz CT molecular complexity index is 122. The molecule has 0 saturated carbocycles. The predicted octanol–water partition coefficient (Wildman–Crippen LogP) is 2.54. The lowest BCUT2D eigenvalue weighted by Crippen LogP contribution is -2.49. The summed E-state index contributed by atoms with van der Waals surface area (Å²) in [6, 6.07) is 0. The summed E-state index contributed by atoms with van der Waals surface area (Å²) in [4.78, 5) is 2.55. The van der Waals surface area contributed by atoms with Crippen LogP contribution in [0.15, 0.2) is 0 Å². The van der Waals surface area contributed by atoms with Crippen LogP contribution in [0.5, 0.6) is 0 Å². The van der Waals surface area contributed by atoms with Crippen LogP contribution in [0.4, 0.5) is 0 Å². The molecule has 1 nitrogen and oxygen atoms in total. The first kappa shape index (κ1) is 10.7. The molecule has 0 unspecified atom stereocenters. The lowest BCUT2D eigenvalue weighted by molar-refractivity contribution is 0.0693. The molecule has 0 amide bonds. The smallest absolute Gasteiger partial charge is 0.00466 e. The van der Waals surface area contributed by atoms with Crippen molar-refractivity contribution >= 4 is 22.5 Å². The molecule has 0 aromatic heterocycles. The fraction of sp³-hybridized carbons (Fsp3) is 1.00. The van der Waals surface area contributed by atoms with Crippen LogP contribution in [-0.4, -0.2) is 30.3 Å². The Labute approximate surface area is 85.1 Å². The number of nitrogens with zero attached hydrogens (tertiary/aromatic N) is 1. The van der Waals surface area contributed by atoms with Crippen LogP contribution in [0.2, 0.25) is 0 Å². The van der Waals surface area contributed by atoms with Gasteiger partial charge in [-0.25, -0.2) is 0 Å². The minimum atomic E-state index is 0.875. The minimum absolute atomic E-state index is 0.875. The Balaban J connectivity index is 1.95. The number of likely N-dealkylation sites (tertiary alicyclic amines) is 1. The fourth-order valence-corrected chi connectivity index (χ4v) is 2.21. The normalized spacial score (nSPS) is 20.0. The van der Waals surface area contributed by atoms with Crippen molar-refractivity contribution in [3.8, 4) is 0 Å². The average molecular weight is 205 g/mol. The molecule has 1 aliphatic heterocycles. The summed E-state index contributed by atoms with van der Waals surface area (Å²) in [5.74, 6) is 3.03. The Morgan fingerprint density at radius 2 is 2.17 bits per heavy atom. The van der Waals surface area contributed by atoms with Crippen LogP contribution >= 0.6 is 22.5 Å². The minimum Gasteiger partial charge on any atom is -0.303 e. The van der Waals surface area contributed by atoms with Gasteiger partial charge in [0.1, 0.15) is 0 Å². The molecule has 0 aliphatic carbocycles. The molecule has 1 saturated heterocycles. The summed E-state index contributed by atoms with van der Waals surface area (Å²) in [7, 11) is 1.65. The van der Waals surface area contributed by atoms with Crippen LogP contribution in [-0.2, 0) is 0 Å². The number of thiol groups is 1. The van der Waals surface area contributed by atoms with E-state index in [2.05, 4.69) is 30.4 Å². The maximum absolute atomic E-state index is 4.12. The van der Waals surface area contributed by atoms with Crippen molar-refractivity contribution in [1.82, 2.24) is 4.90 Å². The highest BCUT2D eigenvalue weighted by Gasteiger charge is 2.27. The fourth-order valence-electron chi connectivity index (χ4n) is 1.57. The van der Waals surface area contributed by atoms with Gasteiger partial charge in [-0.05, 0) is 24.8 Å². The quantitative estimate of drug-likeness (QED) is 0.417. The Hall–Kier alpha value is 0.660. The highest BCUT2D eigenvalue weighted by atomic mass is 33.1. The third kappa shape index (κ3) is 3.19. The van der Waals surface area contributed by atoms with Crippen molar-refractivity contribution in [1.29, 1.82) is 0 Å². The van der Waals surface area contributed by atoms with E-state index in [1.807, 2.05) is 0 Å². The molecule has 0 N–H and O–H groups in total. The summed E-state index contributed by atoms with van der Waals surface area (Å²) >= 11 is 4.12. The van der Waals surface area contributed by atoms with E-state index in [4.69, 9.17) is 0 Å². The van der Waals surface area contributed by atoms with E-state index >= 15 is 0 Å². The van der Waals surface area contributed by atoms with Crippen molar-refractivity contribution < 1.29 is 0 Å². The molecule has 0 radical (unpaired) electrons. The molecule has 0 atom stereocenters. The third-order valence-electron chi connectivity index (χ3n) is 2.64. The molecule has 3 heteroatoms. The molecular formula is C9H19NS2. The van der Waals surface area contributed by atoms with Gasteiger partial charge in [0, 0.05) is 18.8 Å². The van der Waals surface area contributed by atoms with Gasteiger partial charge in [-0.15, -0.1) is 11.7 Å². The van der Waals surface area contributed by atoms with Crippen LogP contribution < -0.4 is 0 Å². The number of hydrogen-bond acceptors (Lipinski definition) is 3. The number of hydrogen-bond donors (Lipinski definition) is 1. The highest BCUT2D eigenvalue weighted by molar-refractivity contribution is 8.68. The Kier molecular flexibility index (Phi) is 4.84. The predicted molar refractivity (Wildman–Crippen MR) is 60.8 cm³/mol.